The van der Waals surface area contributed by atoms with Crippen LogP contribution in [0.5, 0.6) is 0 Å². The predicted molar refractivity (Wildman–Crippen MR) is 93.4 cm³/mol. The molecule has 0 saturated carbocycles. The first-order valence-electron chi connectivity index (χ1n) is 7.82. The molecule has 2 rings (SSSR count). The van der Waals surface area contributed by atoms with E-state index in [0.29, 0.717) is 23.8 Å². The highest BCUT2D eigenvalue weighted by molar-refractivity contribution is 5.56. The molecule has 0 aliphatic rings. The van der Waals surface area contributed by atoms with Crippen molar-refractivity contribution < 1.29 is 0 Å². The Morgan fingerprint density at radius 1 is 1.13 bits per heavy atom. The van der Waals surface area contributed by atoms with Gasteiger partial charge in [0.05, 0.1) is 5.69 Å². The van der Waals surface area contributed by atoms with Crippen molar-refractivity contribution in [3.05, 3.63) is 47.2 Å². The Hall–Kier alpha value is -2.61. The van der Waals surface area contributed by atoms with E-state index in [-0.39, 0.29) is 6.04 Å². The van der Waals surface area contributed by atoms with Gasteiger partial charge in [-0.3, -0.25) is 0 Å². The smallest absolute Gasteiger partial charge is 0.167 e. The first kappa shape index (κ1) is 16.8. The van der Waals surface area contributed by atoms with Crippen LogP contribution in [0.25, 0.3) is 0 Å². The molecule has 1 aromatic heterocycles. The monoisotopic (exact) mass is 309 g/mol. The molecule has 0 amide bonds. The van der Waals surface area contributed by atoms with E-state index >= 15 is 0 Å². The number of hydrogen-bond acceptors (Lipinski definition) is 5. The molecule has 1 aromatic carbocycles. The molecule has 0 fully saturated rings. The third-order valence-electron chi connectivity index (χ3n) is 3.99. The number of nitrogens with zero attached hydrogens (tertiary/aromatic N) is 3. The molecule has 1 atom stereocenters. The van der Waals surface area contributed by atoms with E-state index in [1.807, 2.05) is 44.2 Å². The maximum absolute atomic E-state index is 9.36. The number of aromatic nitrogens is 2. The van der Waals surface area contributed by atoms with Crippen LogP contribution in [0, 0.1) is 31.1 Å². The van der Waals surface area contributed by atoms with E-state index < -0.39 is 0 Å². The summed E-state index contributed by atoms with van der Waals surface area (Å²) in [6, 6.07) is 12.5. The van der Waals surface area contributed by atoms with Gasteiger partial charge in [-0.15, -0.1) is 5.10 Å². The summed E-state index contributed by atoms with van der Waals surface area (Å²) in [6.45, 7) is 8.76. The summed E-state index contributed by atoms with van der Waals surface area (Å²) < 4.78 is 0. The molecule has 0 aliphatic heterocycles. The SMILES string of the molecule is Cc1nnc(NCC(Nc2ccccc2)C(C)C)c(C#N)c1C. The molecule has 1 heterocycles. The van der Waals surface area contributed by atoms with E-state index in [1.165, 1.54) is 0 Å². The lowest BCUT2D eigenvalue weighted by Gasteiger charge is -2.24. The summed E-state index contributed by atoms with van der Waals surface area (Å²) >= 11 is 0. The Morgan fingerprint density at radius 3 is 2.43 bits per heavy atom. The van der Waals surface area contributed by atoms with E-state index in [0.717, 1.165) is 16.9 Å². The molecule has 120 valence electrons. The highest BCUT2D eigenvalue weighted by Crippen LogP contribution is 2.18. The molecule has 0 aliphatic carbocycles. The highest BCUT2D eigenvalue weighted by Gasteiger charge is 2.16. The van der Waals surface area contributed by atoms with Gasteiger partial charge in [0.2, 0.25) is 0 Å². The molecule has 2 aromatic rings. The lowest BCUT2D eigenvalue weighted by Crippen LogP contribution is -2.33. The van der Waals surface area contributed by atoms with E-state index in [4.69, 9.17) is 0 Å². The van der Waals surface area contributed by atoms with Crippen LogP contribution in [-0.4, -0.2) is 22.8 Å². The molecule has 23 heavy (non-hydrogen) atoms. The fraction of sp³-hybridized carbons (Fsp3) is 0.389. The number of benzene rings is 1. The first-order chi connectivity index (χ1) is 11.0. The van der Waals surface area contributed by atoms with E-state index in [9.17, 15) is 5.26 Å². The second-order valence-electron chi connectivity index (χ2n) is 5.99. The van der Waals surface area contributed by atoms with Gasteiger partial charge in [0.25, 0.3) is 0 Å². The summed E-state index contributed by atoms with van der Waals surface area (Å²) in [7, 11) is 0. The third kappa shape index (κ3) is 4.19. The van der Waals surface area contributed by atoms with Crippen molar-refractivity contribution in [1.29, 1.82) is 5.26 Å². The zero-order valence-electron chi connectivity index (χ0n) is 14.1. The van der Waals surface area contributed by atoms with Crippen molar-refractivity contribution in [3.63, 3.8) is 0 Å². The Labute approximate surface area is 137 Å². The molecule has 2 N–H and O–H groups in total. The number of para-hydroxylation sites is 1. The number of hydrogen-bond donors (Lipinski definition) is 2. The topological polar surface area (TPSA) is 73.6 Å². The fourth-order valence-electron chi connectivity index (χ4n) is 2.28. The summed E-state index contributed by atoms with van der Waals surface area (Å²) in [5.41, 5.74) is 3.32. The van der Waals surface area contributed by atoms with Gasteiger partial charge >= 0.3 is 0 Å². The minimum atomic E-state index is 0.215. The molecule has 0 radical (unpaired) electrons. The number of nitrogens with one attached hydrogen (secondary N) is 2. The van der Waals surface area contributed by atoms with Crippen LogP contribution >= 0.6 is 0 Å². The van der Waals surface area contributed by atoms with Gasteiger partial charge in [-0.1, -0.05) is 32.0 Å². The average Bonchev–Trinajstić information content (AvgIpc) is 2.55. The molecule has 0 saturated heterocycles. The fourth-order valence-corrected chi connectivity index (χ4v) is 2.28. The molecule has 0 bridgehead atoms. The van der Waals surface area contributed by atoms with Crippen LogP contribution in [0.1, 0.15) is 30.7 Å². The van der Waals surface area contributed by atoms with Crippen LogP contribution in [0.4, 0.5) is 11.5 Å². The van der Waals surface area contributed by atoms with Crippen molar-refractivity contribution >= 4 is 11.5 Å². The van der Waals surface area contributed by atoms with Crippen LogP contribution in [0.3, 0.4) is 0 Å². The summed E-state index contributed by atoms with van der Waals surface area (Å²) in [5.74, 6) is 0.976. The Balaban J connectivity index is 2.11. The second kappa shape index (κ2) is 7.59. The minimum absolute atomic E-state index is 0.215. The number of aryl methyl sites for hydroxylation is 1. The van der Waals surface area contributed by atoms with E-state index in [2.05, 4.69) is 40.7 Å². The van der Waals surface area contributed by atoms with Gasteiger partial charge in [0.1, 0.15) is 11.6 Å². The molecule has 0 spiro atoms. The molecule has 5 nitrogen and oxygen atoms in total. The van der Waals surface area contributed by atoms with Gasteiger partial charge in [0, 0.05) is 18.3 Å². The lowest BCUT2D eigenvalue weighted by atomic mass is 10.0. The predicted octanol–water partition coefficient (Wildman–Crippen LogP) is 3.51. The molecule has 5 heteroatoms. The zero-order chi connectivity index (χ0) is 16.8. The maximum atomic E-state index is 9.36. The van der Waals surface area contributed by atoms with Crippen LogP contribution in [0.15, 0.2) is 30.3 Å². The number of nitriles is 1. The van der Waals surface area contributed by atoms with Crippen LogP contribution < -0.4 is 10.6 Å². The standard InChI is InChI=1S/C18H23N5/c1-12(2)17(21-15-8-6-5-7-9-15)11-20-18-16(10-19)13(3)14(4)22-23-18/h5-9,12,17,21H,11H2,1-4H3,(H,20,23). The molecular formula is C18H23N5. The van der Waals surface area contributed by atoms with Gasteiger partial charge < -0.3 is 10.6 Å². The Kier molecular flexibility index (Phi) is 5.53. The van der Waals surface area contributed by atoms with Crippen molar-refractivity contribution in [2.45, 2.75) is 33.7 Å². The summed E-state index contributed by atoms with van der Waals surface area (Å²) in [4.78, 5) is 0. The van der Waals surface area contributed by atoms with Crippen molar-refractivity contribution in [2.24, 2.45) is 5.92 Å². The second-order valence-corrected chi connectivity index (χ2v) is 5.99. The summed E-state index contributed by atoms with van der Waals surface area (Å²) in [5, 5.41) is 24.4. The molecule has 1 unspecified atom stereocenters. The Morgan fingerprint density at radius 2 is 1.83 bits per heavy atom. The summed E-state index contributed by atoms with van der Waals surface area (Å²) in [6.07, 6.45) is 0. The zero-order valence-corrected chi connectivity index (χ0v) is 14.1. The third-order valence-corrected chi connectivity index (χ3v) is 3.99. The number of rotatable bonds is 6. The van der Waals surface area contributed by atoms with Crippen LogP contribution in [-0.2, 0) is 0 Å². The van der Waals surface area contributed by atoms with Crippen molar-refractivity contribution in [3.8, 4) is 6.07 Å². The average molecular weight is 309 g/mol. The minimum Gasteiger partial charge on any atom is -0.380 e. The molecular weight excluding hydrogens is 286 g/mol. The van der Waals surface area contributed by atoms with Crippen LogP contribution in [0.2, 0.25) is 0 Å². The van der Waals surface area contributed by atoms with Gasteiger partial charge in [-0.25, -0.2) is 0 Å². The van der Waals surface area contributed by atoms with Crippen molar-refractivity contribution in [1.82, 2.24) is 10.2 Å². The first-order valence-corrected chi connectivity index (χ1v) is 7.82. The highest BCUT2D eigenvalue weighted by atomic mass is 15.2. The van der Waals surface area contributed by atoms with Crippen molar-refractivity contribution in [2.75, 3.05) is 17.2 Å². The Bertz CT molecular complexity index is 689. The van der Waals surface area contributed by atoms with E-state index in [1.54, 1.807) is 0 Å². The number of anilines is 2. The van der Waals surface area contributed by atoms with Gasteiger partial charge in [-0.05, 0) is 37.5 Å². The quantitative estimate of drug-likeness (QED) is 0.854. The van der Waals surface area contributed by atoms with Gasteiger partial charge in [0.15, 0.2) is 5.82 Å². The van der Waals surface area contributed by atoms with Gasteiger partial charge in [-0.2, -0.15) is 10.4 Å². The maximum Gasteiger partial charge on any atom is 0.167 e. The lowest BCUT2D eigenvalue weighted by molar-refractivity contribution is 0.541. The largest absolute Gasteiger partial charge is 0.380 e. The normalized spacial score (nSPS) is 11.8.